The maximum Gasteiger partial charge on any atom is 0.356 e. The Bertz CT molecular complexity index is 747. The van der Waals surface area contributed by atoms with Crippen LogP contribution in [0.15, 0.2) is 24.3 Å². The molecule has 0 aliphatic carbocycles. The van der Waals surface area contributed by atoms with Gasteiger partial charge in [-0.3, -0.25) is 9.69 Å². The van der Waals surface area contributed by atoms with E-state index in [1.165, 1.54) is 7.11 Å². The van der Waals surface area contributed by atoms with Gasteiger partial charge >= 0.3 is 5.97 Å². The molecule has 128 valence electrons. The van der Waals surface area contributed by atoms with Crippen molar-refractivity contribution in [3.8, 4) is 0 Å². The molecule has 3 rings (SSSR count). The molecule has 7 heteroatoms. The highest BCUT2D eigenvalue weighted by atomic mass is 16.5. The van der Waals surface area contributed by atoms with E-state index in [2.05, 4.69) is 27.1 Å². The average Bonchev–Trinajstić information content (AvgIpc) is 2.95. The first-order chi connectivity index (χ1) is 11.6. The fourth-order valence-electron chi connectivity index (χ4n) is 2.91. The molecule has 0 radical (unpaired) electrons. The smallest absolute Gasteiger partial charge is 0.356 e. The number of aromatic nitrogens is 1. The predicted molar refractivity (Wildman–Crippen MR) is 92.2 cm³/mol. The summed E-state index contributed by atoms with van der Waals surface area (Å²) in [6, 6.07) is 7.46. The number of amides is 1. The lowest BCUT2D eigenvalue weighted by Gasteiger charge is -2.31. The van der Waals surface area contributed by atoms with Crippen molar-refractivity contribution in [2.45, 2.75) is 0 Å². The number of ether oxygens (including phenoxy) is 1. The Morgan fingerprint density at radius 2 is 1.92 bits per heavy atom. The van der Waals surface area contributed by atoms with Gasteiger partial charge in [0.1, 0.15) is 5.69 Å². The summed E-state index contributed by atoms with van der Waals surface area (Å²) in [7, 11) is 3.40. The number of nitrogens with one attached hydrogen (secondary N) is 2. The SMILES string of the molecule is COC(=O)c1[nH]c2ccccc2c1NC(=O)CN1CCN(C)CC1. The number of likely N-dealkylation sites (N-methyl/N-ethyl adjacent to an activating group) is 1. The zero-order valence-corrected chi connectivity index (χ0v) is 14.0. The maximum absolute atomic E-state index is 12.4. The summed E-state index contributed by atoms with van der Waals surface area (Å²) >= 11 is 0. The third-order valence-electron chi connectivity index (χ3n) is 4.32. The molecule has 1 amide bonds. The number of hydrogen-bond donors (Lipinski definition) is 2. The number of fused-ring (bicyclic) bond motifs is 1. The highest BCUT2D eigenvalue weighted by Gasteiger charge is 2.22. The normalized spacial score (nSPS) is 16.2. The summed E-state index contributed by atoms with van der Waals surface area (Å²) in [6.45, 7) is 3.94. The Morgan fingerprint density at radius 3 is 2.62 bits per heavy atom. The van der Waals surface area contributed by atoms with Crippen molar-refractivity contribution in [1.29, 1.82) is 0 Å². The van der Waals surface area contributed by atoms with Gasteiger partial charge in [-0.2, -0.15) is 0 Å². The lowest BCUT2D eigenvalue weighted by molar-refractivity contribution is -0.117. The van der Waals surface area contributed by atoms with Gasteiger partial charge in [-0.05, 0) is 13.1 Å². The number of carbonyl (C=O) groups excluding carboxylic acids is 2. The predicted octanol–water partition coefficient (Wildman–Crippen LogP) is 1.14. The largest absolute Gasteiger partial charge is 0.464 e. The second-order valence-corrected chi connectivity index (χ2v) is 6.04. The summed E-state index contributed by atoms with van der Waals surface area (Å²) in [5.74, 6) is -0.629. The van der Waals surface area contributed by atoms with E-state index in [0.717, 1.165) is 37.1 Å². The number of anilines is 1. The van der Waals surface area contributed by atoms with Crippen LogP contribution >= 0.6 is 0 Å². The Labute approximate surface area is 140 Å². The molecule has 24 heavy (non-hydrogen) atoms. The van der Waals surface area contributed by atoms with E-state index >= 15 is 0 Å². The van der Waals surface area contributed by atoms with E-state index in [0.29, 0.717) is 12.2 Å². The highest BCUT2D eigenvalue weighted by Crippen LogP contribution is 2.28. The first-order valence-electron chi connectivity index (χ1n) is 7.98. The van der Waals surface area contributed by atoms with E-state index in [-0.39, 0.29) is 11.6 Å². The average molecular weight is 330 g/mol. The molecule has 1 fully saturated rings. The molecule has 1 aromatic carbocycles. The second kappa shape index (κ2) is 7.02. The lowest BCUT2D eigenvalue weighted by atomic mass is 10.2. The Balaban J connectivity index is 1.78. The molecular weight excluding hydrogens is 308 g/mol. The van der Waals surface area contributed by atoms with Crippen LogP contribution in [-0.2, 0) is 9.53 Å². The van der Waals surface area contributed by atoms with E-state index in [9.17, 15) is 9.59 Å². The van der Waals surface area contributed by atoms with Gasteiger partial charge in [0.2, 0.25) is 5.91 Å². The molecule has 1 aromatic heterocycles. The Morgan fingerprint density at radius 1 is 1.21 bits per heavy atom. The number of piperazine rings is 1. The summed E-state index contributed by atoms with van der Waals surface area (Å²) in [5.41, 5.74) is 1.54. The second-order valence-electron chi connectivity index (χ2n) is 6.04. The van der Waals surface area contributed by atoms with Crippen molar-refractivity contribution in [3.05, 3.63) is 30.0 Å². The van der Waals surface area contributed by atoms with Gasteiger partial charge in [0.05, 0.1) is 19.3 Å². The van der Waals surface area contributed by atoms with Crippen molar-refractivity contribution in [2.24, 2.45) is 0 Å². The standard InChI is InChI=1S/C17H22N4O3/c1-20-7-9-21(10-8-20)11-14(22)19-15-12-5-3-4-6-13(12)18-16(15)17(23)24-2/h3-6,18H,7-11H2,1-2H3,(H,19,22). The van der Waals surface area contributed by atoms with Gasteiger partial charge in [0.15, 0.2) is 0 Å². The zero-order valence-electron chi connectivity index (χ0n) is 14.0. The van der Waals surface area contributed by atoms with Gasteiger partial charge in [-0.1, -0.05) is 18.2 Å². The fraction of sp³-hybridized carbons (Fsp3) is 0.412. The molecule has 1 aliphatic rings. The number of para-hydroxylation sites is 1. The minimum atomic E-state index is -0.499. The molecular formula is C17H22N4O3. The molecule has 2 aromatic rings. The van der Waals surface area contributed by atoms with Crippen LogP contribution in [0.3, 0.4) is 0 Å². The quantitative estimate of drug-likeness (QED) is 0.822. The van der Waals surface area contributed by atoms with Crippen LogP contribution in [0.25, 0.3) is 10.9 Å². The lowest BCUT2D eigenvalue weighted by Crippen LogP contribution is -2.47. The van der Waals surface area contributed by atoms with Crippen LogP contribution in [0.5, 0.6) is 0 Å². The van der Waals surface area contributed by atoms with Crippen LogP contribution in [0.2, 0.25) is 0 Å². The molecule has 1 aliphatic heterocycles. The van der Waals surface area contributed by atoms with E-state index in [4.69, 9.17) is 4.74 Å². The van der Waals surface area contributed by atoms with Gasteiger partial charge in [0, 0.05) is 37.1 Å². The molecule has 2 N–H and O–H groups in total. The number of hydrogen-bond acceptors (Lipinski definition) is 5. The minimum absolute atomic E-state index is 0.130. The summed E-state index contributed by atoms with van der Waals surface area (Å²) < 4.78 is 4.81. The highest BCUT2D eigenvalue weighted by molar-refractivity contribution is 6.11. The van der Waals surface area contributed by atoms with Crippen LogP contribution < -0.4 is 5.32 Å². The monoisotopic (exact) mass is 330 g/mol. The Hall–Kier alpha value is -2.38. The number of aromatic amines is 1. The number of methoxy groups -OCH3 is 1. The molecule has 0 spiro atoms. The fourth-order valence-corrected chi connectivity index (χ4v) is 2.91. The molecule has 0 atom stereocenters. The van der Waals surface area contributed by atoms with Crippen LogP contribution in [0, 0.1) is 0 Å². The number of carbonyl (C=O) groups is 2. The molecule has 0 unspecified atom stereocenters. The van der Waals surface area contributed by atoms with Crippen molar-refractivity contribution < 1.29 is 14.3 Å². The van der Waals surface area contributed by atoms with Crippen molar-refractivity contribution in [1.82, 2.24) is 14.8 Å². The molecule has 0 saturated carbocycles. The summed E-state index contributed by atoms with van der Waals surface area (Å²) in [6.07, 6.45) is 0. The number of esters is 1. The van der Waals surface area contributed by atoms with E-state index in [1.54, 1.807) is 0 Å². The molecule has 2 heterocycles. The van der Waals surface area contributed by atoms with E-state index < -0.39 is 5.97 Å². The van der Waals surface area contributed by atoms with Crippen molar-refractivity contribution in [2.75, 3.05) is 52.2 Å². The van der Waals surface area contributed by atoms with Crippen molar-refractivity contribution in [3.63, 3.8) is 0 Å². The third-order valence-corrected chi connectivity index (χ3v) is 4.32. The van der Waals surface area contributed by atoms with Gasteiger partial charge in [0.25, 0.3) is 0 Å². The van der Waals surface area contributed by atoms with Crippen LogP contribution in [0.4, 0.5) is 5.69 Å². The zero-order chi connectivity index (χ0) is 17.1. The summed E-state index contributed by atoms with van der Waals surface area (Å²) in [4.78, 5) is 31.8. The Kier molecular flexibility index (Phi) is 4.82. The van der Waals surface area contributed by atoms with Gasteiger partial charge in [-0.25, -0.2) is 4.79 Å². The minimum Gasteiger partial charge on any atom is -0.464 e. The number of nitrogens with zero attached hydrogens (tertiary/aromatic N) is 2. The van der Waals surface area contributed by atoms with Gasteiger partial charge in [-0.15, -0.1) is 0 Å². The topological polar surface area (TPSA) is 77.7 Å². The number of rotatable bonds is 4. The molecule has 7 nitrogen and oxygen atoms in total. The molecule has 1 saturated heterocycles. The first kappa shape index (κ1) is 16.5. The van der Waals surface area contributed by atoms with Crippen LogP contribution in [-0.4, -0.2) is 73.5 Å². The number of benzene rings is 1. The van der Waals surface area contributed by atoms with Crippen molar-refractivity contribution >= 4 is 28.5 Å². The van der Waals surface area contributed by atoms with Crippen LogP contribution in [0.1, 0.15) is 10.5 Å². The summed E-state index contributed by atoms with van der Waals surface area (Å²) in [5, 5.41) is 3.68. The molecule has 0 bridgehead atoms. The van der Waals surface area contributed by atoms with E-state index in [1.807, 2.05) is 24.3 Å². The van der Waals surface area contributed by atoms with Gasteiger partial charge < -0.3 is 19.9 Å². The first-order valence-corrected chi connectivity index (χ1v) is 7.98. The maximum atomic E-state index is 12.4. The number of H-pyrrole nitrogens is 1. The third kappa shape index (κ3) is 3.42.